The number of carbonyl (C=O) groups is 3. The molecule has 4 aromatic rings. The van der Waals surface area contributed by atoms with E-state index in [0.29, 0.717) is 38.2 Å². The number of nitrogens with one attached hydrogen (secondary N) is 1. The maximum Gasteiger partial charge on any atom is 0.491 e. The maximum absolute atomic E-state index is 13.6. The van der Waals surface area contributed by atoms with E-state index in [2.05, 4.69) is 26.0 Å². The summed E-state index contributed by atoms with van der Waals surface area (Å²) in [6.07, 6.45) is -4.49. The molecule has 3 N–H and O–H groups in total. The Hall–Kier alpha value is -4.48. The second-order valence-corrected chi connectivity index (χ2v) is 13.1. The highest BCUT2D eigenvalue weighted by Gasteiger charge is 2.41. The van der Waals surface area contributed by atoms with Crippen LogP contribution in [0.15, 0.2) is 102 Å². The standard InChI is InChI=1S/C37H37BrF3N3O4/c1-36(2,23-42)24-43-34(46)32-6-4-3-5-31(32)28-13-7-27(8-14-28)22-44(33(45)21-26-9-15-29(38)16-10-26)20-19-25-11-17-30(18-12-25)48-35(47)37(39,40)41/h3-18H,19-24,42H2,1-2H3,(H,43,46). The zero-order chi connectivity index (χ0) is 34.9. The van der Waals surface area contributed by atoms with Crippen molar-refractivity contribution in [3.05, 3.63) is 124 Å². The number of benzene rings is 4. The molecule has 0 aliphatic carbocycles. The maximum atomic E-state index is 13.6. The summed E-state index contributed by atoms with van der Waals surface area (Å²) in [6.45, 7) is 5.50. The van der Waals surface area contributed by atoms with Crippen molar-refractivity contribution in [2.45, 2.75) is 39.4 Å². The Balaban J connectivity index is 1.49. The monoisotopic (exact) mass is 723 g/mol. The molecule has 4 rings (SSSR count). The molecule has 0 atom stereocenters. The number of carbonyl (C=O) groups excluding carboxylic acids is 3. The van der Waals surface area contributed by atoms with E-state index < -0.39 is 12.1 Å². The third-order valence-electron chi connectivity index (χ3n) is 7.75. The predicted molar refractivity (Wildman–Crippen MR) is 182 cm³/mol. The number of halogens is 4. The average molecular weight is 725 g/mol. The third-order valence-corrected chi connectivity index (χ3v) is 8.28. The van der Waals surface area contributed by atoms with Crippen LogP contribution in [-0.2, 0) is 29.0 Å². The van der Waals surface area contributed by atoms with E-state index >= 15 is 0 Å². The van der Waals surface area contributed by atoms with Crippen LogP contribution in [0.5, 0.6) is 5.75 Å². The highest BCUT2D eigenvalue weighted by atomic mass is 79.9. The molecule has 0 unspecified atom stereocenters. The molecule has 7 nitrogen and oxygen atoms in total. The number of rotatable bonds is 13. The lowest BCUT2D eigenvalue weighted by molar-refractivity contribution is -0.189. The van der Waals surface area contributed by atoms with Gasteiger partial charge in [0.25, 0.3) is 5.91 Å². The quantitative estimate of drug-likeness (QED) is 0.113. The summed E-state index contributed by atoms with van der Waals surface area (Å²) in [6, 6.07) is 28.3. The number of ether oxygens (including phenoxy) is 1. The molecular formula is C37H37BrF3N3O4. The molecule has 252 valence electrons. The molecule has 11 heteroatoms. The van der Waals surface area contributed by atoms with Crippen molar-refractivity contribution in [1.29, 1.82) is 0 Å². The number of alkyl halides is 3. The molecule has 0 fully saturated rings. The van der Waals surface area contributed by atoms with Crippen molar-refractivity contribution in [3.63, 3.8) is 0 Å². The van der Waals surface area contributed by atoms with E-state index in [-0.39, 0.29) is 29.4 Å². The van der Waals surface area contributed by atoms with E-state index in [1.54, 1.807) is 23.1 Å². The van der Waals surface area contributed by atoms with Crippen molar-refractivity contribution >= 4 is 33.7 Å². The molecule has 0 spiro atoms. The molecule has 0 bridgehead atoms. The minimum Gasteiger partial charge on any atom is -0.420 e. The first-order valence-electron chi connectivity index (χ1n) is 15.3. The largest absolute Gasteiger partial charge is 0.491 e. The summed E-state index contributed by atoms with van der Waals surface area (Å²) in [5, 5.41) is 2.99. The van der Waals surface area contributed by atoms with Gasteiger partial charge in [0.05, 0.1) is 6.42 Å². The highest BCUT2D eigenvalue weighted by molar-refractivity contribution is 9.10. The number of nitrogens with two attached hydrogens (primary N) is 1. The second kappa shape index (κ2) is 16.1. The molecule has 0 radical (unpaired) electrons. The topological polar surface area (TPSA) is 102 Å². The van der Waals surface area contributed by atoms with Crippen LogP contribution < -0.4 is 15.8 Å². The Morgan fingerprint density at radius 1 is 0.833 bits per heavy atom. The third kappa shape index (κ3) is 10.5. The average Bonchev–Trinajstić information content (AvgIpc) is 3.07. The summed E-state index contributed by atoms with van der Waals surface area (Å²) in [4.78, 5) is 39.5. The van der Waals surface area contributed by atoms with Gasteiger partial charge < -0.3 is 20.7 Å². The molecule has 48 heavy (non-hydrogen) atoms. The number of hydrogen-bond donors (Lipinski definition) is 2. The summed E-state index contributed by atoms with van der Waals surface area (Å²) >= 11 is 3.41. The first-order chi connectivity index (χ1) is 22.7. The van der Waals surface area contributed by atoms with Crippen LogP contribution >= 0.6 is 15.9 Å². The zero-order valence-electron chi connectivity index (χ0n) is 26.6. The molecule has 4 aromatic carbocycles. The van der Waals surface area contributed by atoms with Crippen molar-refractivity contribution < 1.29 is 32.3 Å². The van der Waals surface area contributed by atoms with Crippen LogP contribution in [-0.4, -0.2) is 48.5 Å². The first-order valence-corrected chi connectivity index (χ1v) is 16.1. The summed E-state index contributed by atoms with van der Waals surface area (Å²) < 4.78 is 42.9. The number of amides is 2. The molecule has 0 aromatic heterocycles. The van der Waals surface area contributed by atoms with Crippen LogP contribution in [0.1, 0.15) is 40.9 Å². The smallest absolute Gasteiger partial charge is 0.420 e. The minimum absolute atomic E-state index is 0.0976. The summed E-state index contributed by atoms with van der Waals surface area (Å²) in [7, 11) is 0. The van der Waals surface area contributed by atoms with Crippen molar-refractivity contribution in [2.24, 2.45) is 11.1 Å². The van der Waals surface area contributed by atoms with E-state index in [0.717, 1.165) is 32.3 Å². The summed E-state index contributed by atoms with van der Waals surface area (Å²) in [5.74, 6) is -2.79. The van der Waals surface area contributed by atoms with E-state index in [1.165, 1.54) is 12.1 Å². The van der Waals surface area contributed by atoms with Gasteiger partial charge in [-0.3, -0.25) is 9.59 Å². The van der Waals surface area contributed by atoms with Gasteiger partial charge in [-0.25, -0.2) is 4.79 Å². The molecule has 0 heterocycles. The number of hydrogen-bond acceptors (Lipinski definition) is 5. The van der Waals surface area contributed by atoms with Gasteiger partial charge in [-0.05, 0) is 76.5 Å². The van der Waals surface area contributed by atoms with Crippen LogP contribution in [0, 0.1) is 5.41 Å². The Morgan fingerprint density at radius 3 is 2.06 bits per heavy atom. The molecule has 2 amide bonds. The van der Waals surface area contributed by atoms with Crippen molar-refractivity contribution in [2.75, 3.05) is 19.6 Å². The minimum atomic E-state index is -5.09. The van der Waals surface area contributed by atoms with Crippen LogP contribution in [0.4, 0.5) is 13.2 Å². The molecule has 0 aliphatic heterocycles. The highest BCUT2D eigenvalue weighted by Crippen LogP contribution is 2.26. The van der Waals surface area contributed by atoms with Gasteiger partial charge in [-0.15, -0.1) is 0 Å². The van der Waals surface area contributed by atoms with Crippen molar-refractivity contribution in [3.8, 4) is 16.9 Å². The fourth-order valence-corrected chi connectivity index (χ4v) is 5.03. The van der Waals surface area contributed by atoms with Gasteiger partial charge >= 0.3 is 12.1 Å². The van der Waals surface area contributed by atoms with E-state index in [1.807, 2.05) is 80.6 Å². The lowest BCUT2D eigenvalue weighted by Gasteiger charge is -2.24. The second-order valence-electron chi connectivity index (χ2n) is 12.2. The van der Waals surface area contributed by atoms with Crippen LogP contribution in [0.3, 0.4) is 0 Å². The van der Waals surface area contributed by atoms with Gasteiger partial charge in [0.15, 0.2) is 0 Å². The zero-order valence-corrected chi connectivity index (χ0v) is 28.2. The fraction of sp³-hybridized carbons (Fsp3) is 0.270. The Kier molecular flexibility index (Phi) is 12.2. The fourth-order valence-electron chi connectivity index (χ4n) is 4.76. The van der Waals surface area contributed by atoms with Gasteiger partial charge in [-0.2, -0.15) is 13.2 Å². The lowest BCUT2D eigenvalue weighted by Crippen LogP contribution is -2.38. The lowest BCUT2D eigenvalue weighted by atomic mass is 9.93. The number of nitrogens with zero attached hydrogens (tertiary/aromatic N) is 1. The van der Waals surface area contributed by atoms with E-state index in [9.17, 15) is 27.6 Å². The van der Waals surface area contributed by atoms with Crippen molar-refractivity contribution in [1.82, 2.24) is 10.2 Å². The van der Waals surface area contributed by atoms with E-state index in [4.69, 9.17) is 5.73 Å². The Labute approximate surface area is 286 Å². The predicted octanol–water partition coefficient (Wildman–Crippen LogP) is 7.11. The van der Waals surface area contributed by atoms with Gasteiger partial charge in [-0.1, -0.05) is 96.5 Å². The van der Waals surface area contributed by atoms with Gasteiger partial charge in [0.1, 0.15) is 5.75 Å². The molecular weight excluding hydrogens is 687 g/mol. The Morgan fingerprint density at radius 2 is 1.44 bits per heavy atom. The first kappa shape index (κ1) is 36.4. The normalized spacial score (nSPS) is 11.6. The Bertz CT molecular complexity index is 1710. The summed E-state index contributed by atoms with van der Waals surface area (Å²) in [5.41, 5.74) is 10.2. The van der Waals surface area contributed by atoms with Crippen LogP contribution in [0.25, 0.3) is 11.1 Å². The van der Waals surface area contributed by atoms with Crippen LogP contribution in [0.2, 0.25) is 0 Å². The SMILES string of the molecule is CC(C)(CN)CNC(=O)c1ccccc1-c1ccc(CN(CCc2ccc(OC(=O)C(F)(F)F)cc2)C(=O)Cc2ccc(Br)cc2)cc1. The number of esters is 1. The molecule has 0 saturated carbocycles. The molecule has 0 saturated heterocycles. The molecule has 0 aliphatic rings. The van der Waals surface area contributed by atoms with Gasteiger partial charge in [0.2, 0.25) is 5.91 Å². The van der Waals surface area contributed by atoms with Gasteiger partial charge in [0, 0.05) is 29.7 Å².